The normalized spacial score (nSPS) is 23.4. The molecule has 8 nitrogen and oxygen atoms in total. The largest absolute Gasteiger partial charge is 0.480 e. The van der Waals surface area contributed by atoms with Crippen LogP contribution in [0.25, 0.3) is 5.95 Å². The third kappa shape index (κ3) is 3.41. The van der Waals surface area contributed by atoms with Gasteiger partial charge in [0, 0.05) is 29.2 Å². The number of amides is 1. The smallest absolute Gasteiger partial charge is 0.326 e. The Hall–Kier alpha value is -2.77. The highest BCUT2D eigenvalue weighted by Gasteiger charge is 2.49. The maximum atomic E-state index is 13.1. The lowest BCUT2D eigenvalue weighted by molar-refractivity contribution is -0.149. The Morgan fingerprint density at radius 1 is 1.14 bits per heavy atom. The van der Waals surface area contributed by atoms with Crippen LogP contribution in [0.2, 0.25) is 0 Å². The molecule has 2 aliphatic rings. The van der Waals surface area contributed by atoms with Gasteiger partial charge in [0.2, 0.25) is 5.91 Å². The molecule has 1 N–H and O–H groups in total. The van der Waals surface area contributed by atoms with Crippen LogP contribution >= 0.6 is 0 Å². The summed E-state index contributed by atoms with van der Waals surface area (Å²) < 4.78 is 1.67. The Kier molecular flexibility index (Phi) is 4.88. The van der Waals surface area contributed by atoms with Crippen molar-refractivity contribution in [2.24, 2.45) is 11.8 Å². The number of aryl methyl sites for hydroxylation is 3. The molecule has 154 valence electrons. The van der Waals surface area contributed by atoms with E-state index in [1.807, 2.05) is 33.8 Å². The first kappa shape index (κ1) is 19.5. The molecule has 29 heavy (non-hydrogen) atoms. The first-order valence-electron chi connectivity index (χ1n) is 10.2. The van der Waals surface area contributed by atoms with Crippen molar-refractivity contribution in [2.75, 3.05) is 6.54 Å². The Bertz CT molecular complexity index is 963. The van der Waals surface area contributed by atoms with E-state index in [1.54, 1.807) is 9.58 Å². The first-order chi connectivity index (χ1) is 13.8. The summed E-state index contributed by atoms with van der Waals surface area (Å²) in [6.07, 6.45) is 3.11. The molecule has 1 saturated carbocycles. The molecule has 2 aromatic heterocycles. The zero-order chi connectivity index (χ0) is 20.9. The molecular formula is C21H27N5O3. The van der Waals surface area contributed by atoms with E-state index in [-0.39, 0.29) is 18.2 Å². The number of carboxylic acids is 1. The SMILES string of the molecule is Cc1cc(C)nc(-n2nc(C)c(CC(=O)N3CC4CCCC4C3C(=O)O)c2C)n1. The molecule has 3 atom stereocenters. The van der Waals surface area contributed by atoms with Crippen molar-refractivity contribution >= 4 is 11.9 Å². The van der Waals surface area contributed by atoms with Gasteiger partial charge in [-0.1, -0.05) is 6.42 Å². The Labute approximate surface area is 170 Å². The van der Waals surface area contributed by atoms with Gasteiger partial charge in [0.25, 0.3) is 5.95 Å². The monoisotopic (exact) mass is 397 g/mol. The highest BCUT2D eigenvalue weighted by Crippen LogP contribution is 2.42. The number of hydrogen-bond donors (Lipinski definition) is 1. The van der Waals surface area contributed by atoms with Crippen LogP contribution in [0, 0.1) is 39.5 Å². The standard InChI is InChI=1S/C21H27N5O3/c1-11-8-12(2)23-21(22-11)26-14(4)17(13(3)24-26)9-18(27)25-10-15-6-5-7-16(15)19(25)20(28)29/h8,15-16,19H,5-7,9-10H2,1-4H3,(H,28,29). The summed E-state index contributed by atoms with van der Waals surface area (Å²) in [6, 6.07) is 1.20. The van der Waals surface area contributed by atoms with Gasteiger partial charge < -0.3 is 10.0 Å². The van der Waals surface area contributed by atoms with E-state index < -0.39 is 12.0 Å². The number of hydrogen-bond acceptors (Lipinski definition) is 5. The predicted molar refractivity (Wildman–Crippen MR) is 106 cm³/mol. The third-order valence-electron chi connectivity index (χ3n) is 6.39. The minimum absolute atomic E-state index is 0.0880. The van der Waals surface area contributed by atoms with Gasteiger partial charge in [-0.2, -0.15) is 5.10 Å². The summed E-state index contributed by atoms with van der Waals surface area (Å²) >= 11 is 0. The number of aliphatic carboxylic acids is 1. The first-order valence-corrected chi connectivity index (χ1v) is 10.2. The van der Waals surface area contributed by atoms with Gasteiger partial charge in [0.05, 0.1) is 12.1 Å². The van der Waals surface area contributed by atoms with Gasteiger partial charge in [-0.15, -0.1) is 0 Å². The van der Waals surface area contributed by atoms with Crippen LogP contribution in [0.1, 0.15) is 47.6 Å². The predicted octanol–water partition coefficient (Wildman–Crippen LogP) is 2.15. The molecule has 2 fully saturated rings. The van der Waals surface area contributed by atoms with Gasteiger partial charge in [0.15, 0.2) is 0 Å². The second-order valence-corrected chi connectivity index (χ2v) is 8.37. The van der Waals surface area contributed by atoms with Crippen LogP contribution in [0.5, 0.6) is 0 Å². The van der Waals surface area contributed by atoms with Gasteiger partial charge in [-0.05, 0) is 58.4 Å². The highest BCUT2D eigenvalue weighted by molar-refractivity contribution is 5.86. The van der Waals surface area contributed by atoms with Crippen LogP contribution in [0.15, 0.2) is 6.07 Å². The van der Waals surface area contributed by atoms with E-state index in [1.165, 1.54) is 0 Å². The summed E-state index contributed by atoms with van der Waals surface area (Å²) in [6.45, 7) is 8.13. The Balaban J connectivity index is 1.61. The quantitative estimate of drug-likeness (QED) is 0.848. The molecule has 4 rings (SSSR count). The zero-order valence-electron chi connectivity index (χ0n) is 17.3. The van der Waals surface area contributed by atoms with Crippen molar-refractivity contribution in [1.29, 1.82) is 0 Å². The summed E-state index contributed by atoms with van der Waals surface area (Å²) in [5.74, 6) is -0.140. The summed E-state index contributed by atoms with van der Waals surface area (Å²) in [5, 5.41) is 14.3. The number of nitrogens with zero attached hydrogens (tertiary/aromatic N) is 5. The molecule has 1 amide bonds. The molecule has 8 heteroatoms. The minimum atomic E-state index is -0.888. The topological polar surface area (TPSA) is 101 Å². The van der Waals surface area contributed by atoms with Crippen molar-refractivity contribution in [3.63, 3.8) is 0 Å². The summed E-state index contributed by atoms with van der Waals surface area (Å²) in [4.78, 5) is 35.5. The van der Waals surface area contributed by atoms with Gasteiger partial charge >= 0.3 is 5.97 Å². The third-order valence-corrected chi connectivity index (χ3v) is 6.39. The van der Waals surface area contributed by atoms with Crippen molar-refractivity contribution in [2.45, 2.75) is 59.4 Å². The Morgan fingerprint density at radius 2 is 1.83 bits per heavy atom. The van der Waals surface area contributed by atoms with Crippen molar-refractivity contribution in [3.8, 4) is 5.95 Å². The maximum absolute atomic E-state index is 13.1. The van der Waals surface area contributed by atoms with Crippen LogP contribution in [-0.4, -0.2) is 54.2 Å². The Morgan fingerprint density at radius 3 is 2.48 bits per heavy atom. The zero-order valence-corrected chi connectivity index (χ0v) is 17.3. The van der Waals surface area contributed by atoms with Crippen LogP contribution in [0.4, 0.5) is 0 Å². The fourth-order valence-corrected chi connectivity index (χ4v) is 5.06. The maximum Gasteiger partial charge on any atom is 0.326 e. The molecule has 0 spiro atoms. The van der Waals surface area contributed by atoms with Gasteiger partial charge in [0.1, 0.15) is 6.04 Å². The van der Waals surface area contributed by atoms with Crippen LogP contribution < -0.4 is 0 Å². The number of aromatic nitrogens is 4. The molecule has 0 bridgehead atoms. The fourth-order valence-electron chi connectivity index (χ4n) is 5.06. The molecule has 2 aromatic rings. The molecule has 0 radical (unpaired) electrons. The van der Waals surface area contributed by atoms with Gasteiger partial charge in [-0.3, -0.25) is 4.79 Å². The second-order valence-electron chi connectivity index (χ2n) is 8.37. The van der Waals surface area contributed by atoms with E-state index in [0.29, 0.717) is 18.4 Å². The fraction of sp³-hybridized carbons (Fsp3) is 0.571. The molecular weight excluding hydrogens is 370 g/mol. The molecule has 0 aromatic carbocycles. The number of carboxylic acid groups (broad SMARTS) is 1. The van der Waals surface area contributed by atoms with E-state index in [4.69, 9.17) is 0 Å². The van der Waals surface area contributed by atoms with E-state index in [2.05, 4.69) is 15.1 Å². The summed E-state index contributed by atoms with van der Waals surface area (Å²) in [5.41, 5.74) is 4.08. The van der Waals surface area contributed by atoms with Crippen molar-refractivity contribution in [3.05, 3.63) is 34.4 Å². The van der Waals surface area contributed by atoms with Crippen molar-refractivity contribution < 1.29 is 14.7 Å². The number of fused-ring (bicyclic) bond motifs is 1. The number of carbonyl (C=O) groups is 2. The van der Waals surface area contributed by atoms with Crippen LogP contribution in [-0.2, 0) is 16.0 Å². The lowest BCUT2D eigenvalue weighted by Gasteiger charge is -2.24. The molecule has 1 saturated heterocycles. The molecule has 3 unspecified atom stereocenters. The minimum Gasteiger partial charge on any atom is -0.480 e. The lowest BCUT2D eigenvalue weighted by atomic mass is 9.94. The molecule has 1 aliphatic carbocycles. The molecule has 3 heterocycles. The number of likely N-dealkylation sites (tertiary alicyclic amines) is 1. The van der Waals surface area contributed by atoms with Crippen molar-refractivity contribution in [1.82, 2.24) is 24.6 Å². The van der Waals surface area contributed by atoms with Crippen LogP contribution in [0.3, 0.4) is 0 Å². The van der Waals surface area contributed by atoms with E-state index in [9.17, 15) is 14.7 Å². The lowest BCUT2D eigenvalue weighted by Crippen LogP contribution is -2.44. The summed E-state index contributed by atoms with van der Waals surface area (Å²) in [7, 11) is 0. The van der Waals surface area contributed by atoms with E-state index >= 15 is 0 Å². The average Bonchev–Trinajstić information content (AvgIpc) is 3.29. The number of carbonyl (C=O) groups excluding carboxylic acids is 1. The second kappa shape index (κ2) is 7.24. The van der Waals surface area contributed by atoms with Gasteiger partial charge in [-0.25, -0.2) is 19.4 Å². The average molecular weight is 397 g/mol. The number of rotatable bonds is 4. The molecule has 1 aliphatic heterocycles. The van der Waals surface area contributed by atoms with E-state index in [0.717, 1.165) is 47.6 Å². The highest BCUT2D eigenvalue weighted by atomic mass is 16.4.